The van der Waals surface area contributed by atoms with Gasteiger partial charge in [0, 0.05) is 35.8 Å². The van der Waals surface area contributed by atoms with Gasteiger partial charge in [-0.25, -0.2) is 14.8 Å². The Morgan fingerprint density at radius 2 is 2.13 bits per heavy atom. The van der Waals surface area contributed by atoms with Crippen LogP contribution in [0.25, 0.3) is 11.0 Å². The highest BCUT2D eigenvalue weighted by Gasteiger charge is 2.26. The second kappa shape index (κ2) is 5.61. The molecule has 1 aliphatic rings. The first kappa shape index (κ1) is 15.4. The van der Waals surface area contributed by atoms with E-state index in [4.69, 9.17) is 4.74 Å². The van der Waals surface area contributed by atoms with Gasteiger partial charge >= 0.3 is 6.09 Å². The molecule has 0 N–H and O–H groups in total. The van der Waals surface area contributed by atoms with Crippen LogP contribution in [0.5, 0.6) is 0 Å². The zero-order valence-electron chi connectivity index (χ0n) is 13.5. The first-order valence-corrected chi connectivity index (χ1v) is 7.57. The molecule has 3 rings (SSSR count). The number of amides is 1. The summed E-state index contributed by atoms with van der Waals surface area (Å²) in [5.41, 5.74) is 2.55. The molecule has 2 aromatic rings. The second-order valence-corrected chi connectivity index (χ2v) is 6.68. The van der Waals surface area contributed by atoms with Crippen LogP contribution in [0.15, 0.2) is 18.3 Å². The average Bonchev–Trinajstić information content (AvgIpc) is 2.50. The average molecular weight is 313 g/mol. The fourth-order valence-electron chi connectivity index (χ4n) is 2.59. The molecule has 0 saturated heterocycles. The Kier molecular flexibility index (Phi) is 3.75. The summed E-state index contributed by atoms with van der Waals surface area (Å²) in [6, 6.07) is 3.71. The van der Waals surface area contributed by atoms with Crippen LogP contribution in [0.1, 0.15) is 42.4 Å². The van der Waals surface area contributed by atoms with Gasteiger partial charge in [-0.05, 0) is 38.5 Å². The summed E-state index contributed by atoms with van der Waals surface area (Å²) in [5.74, 6) is 0. The van der Waals surface area contributed by atoms with Gasteiger partial charge in [-0.3, -0.25) is 4.79 Å². The number of hydrogen-bond acceptors (Lipinski definition) is 5. The largest absolute Gasteiger partial charge is 0.444 e. The Hall–Kier alpha value is -2.50. The van der Waals surface area contributed by atoms with E-state index in [9.17, 15) is 9.59 Å². The maximum absolute atomic E-state index is 12.2. The number of rotatable bonds is 1. The van der Waals surface area contributed by atoms with Crippen molar-refractivity contribution in [3.05, 3.63) is 35.2 Å². The summed E-state index contributed by atoms with van der Waals surface area (Å²) in [6.45, 7) is 6.59. The van der Waals surface area contributed by atoms with Gasteiger partial charge in [-0.15, -0.1) is 0 Å². The van der Waals surface area contributed by atoms with Crippen molar-refractivity contribution in [1.82, 2.24) is 14.9 Å². The summed E-state index contributed by atoms with van der Waals surface area (Å²) < 4.78 is 5.42. The Balaban J connectivity index is 1.88. The highest BCUT2D eigenvalue weighted by molar-refractivity contribution is 5.84. The summed E-state index contributed by atoms with van der Waals surface area (Å²) in [6.07, 6.45) is 2.63. The van der Waals surface area contributed by atoms with Gasteiger partial charge in [0.2, 0.25) is 0 Å². The van der Waals surface area contributed by atoms with Crippen molar-refractivity contribution in [2.45, 2.75) is 39.3 Å². The third-order valence-corrected chi connectivity index (χ3v) is 3.63. The Morgan fingerprint density at radius 3 is 2.83 bits per heavy atom. The number of carbonyl (C=O) groups is 2. The molecular formula is C17H19N3O3. The molecular weight excluding hydrogens is 294 g/mol. The molecule has 0 fully saturated rings. The van der Waals surface area contributed by atoms with Crippen LogP contribution >= 0.6 is 0 Å². The molecule has 0 spiro atoms. The van der Waals surface area contributed by atoms with Crippen LogP contribution in [-0.4, -0.2) is 39.4 Å². The minimum absolute atomic E-state index is 0.317. The number of fused-ring (bicyclic) bond motifs is 2. The molecule has 0 aliphatic carbocycles. The van der Waals surface area contributed by atoms with Crippen molar-refractivity contribution in [1.29, 1.82) is 0 Å². The van der Waals surface area contributed by atoms with Crippen LogP contribution in [0.3, 0.4) is 0 Å². The number of carbonyl (C=O) groups excluding carboxylic acids is 2. The summed E-state index contributed by atoms with van der Waals surface area (Å²) in [4.78, 5) is 33.5. The normalized spacial score (nSPS) is 14.5. The molecule has 3 heterocycles. The van der Waals surface area contributed by atoms with E-state index in [1.165, 1.54) is 6.20 Å². The SMILES string of the molecule is CC(C)(C)OC(=O)N1CCc2nc3ncc(C=O)cc3cc2C1. The lowest BCUT2D eigenvalue weighted by Gasteiger charge is -2.30. The molecule has 1 aliphatic heterocycles. The number of aromatic nitrogens is 2. The molecule has 6 heteroatoms. The number of aldehydes is 1. The third-order valence-electron chi connectivity index (χ3n) is 3.63. The summed E-state index contributed by atoms with van der Waals surface area (Å²) in [5, 5.41) is 0.805. The molecule has 2 aromatic heterocycles. The molecule has 0 atom stereocenters. The lowest BCUT2D eigenvalue weighted by atomic mass is 10.0. The third kappa shape index (κ3) is 3.31. The lowest BCUT2D eigenvalue weighted by molar-refractivity contribution is 0.0223. The minimum atomic E-state index is -0.512. The number of pyridine rings is 2. The quantitative estimate of drug-likeness (QED) is 0.757. The van der Waals surface area contributed by atoms with Gasteiger partial charge in [-0.2, -0.15) is 0 Å². The van der Waals surface area contributed by atoms with Crippen molar-refractivity contribution in [2.24, 2.45) is 0 Å². The number of hydrogen-bond donors (Lipinski definition) is 0. The van der Waals surface area contributed by atoms with Gasteiger partial charge in [0.05, 0.1) is 6.54 Å². The van der Waals surface area contributed by atoms with Crippen LogP contribution in [0.2, 0.25) is 0 Å². The van der Waals surface area contributed by atoms with Crippen molar-refractivity contribution < 1.29 is 14.3 Å². The predicted molar refractivity (Wildman–Crippen MR) is 85.3 cm³/mol. The molecule has 0 unspecified atom stereocenters. The van der Waals surface area contributed by atoms with Crippen LogP contribution in [0.4, 0.5) is 4.79 Å². The molecule has 1 amide bonds. The van der Waals surface area contributed by atoms with E-state index in [0.29, 0.717) is 30.7 Å². The first-order valence-electron chi connectivity index (χ1n) is 7.57. The van der Waals surface area contributed by atoms with Crippen molar-refractivity contribution >= 4 is 23.4 Å². The smallest absolute Gasteiger partial charge is 0.410 e. The predicted octanol–water partition coefficient (Wildman–Crippen LogP) is 2.74. The van der Waals surface area contributed by atoms with Crippen LogP contribution in [0, 0.1) is 0 Å². The molecule has 0 aromatic carbocycles. The lowest BCUT2D eigenvalue weighted by Crippen LogP contribution is -2.40. The van der Waals surface area contributed by atoms with Gasteiger partial charge in [0.15, 0.2) is 11.9 Å². The monoisotopic (exact) mass is 313 g/mol. The molecule has 6 nitrogen and oxygen atoms in total. The van der Waals surface area contributed by atoms with E-state index in [2.05, 4.69) is 9.97 Å². The van der Waals surface area contributed by atoms with Gasteiger partial charge in [0.1, 0.15) is 5.60 Å². The van der Waals surface area contributed by atoms with E-state index in [1.54, 1.807) is 11.0 Å². The summed E-state index contributed by atoms with van der Waals surface area (Å²) >= 11 is 0. The minimum Gasteiger partial charge on any atom is -0.444 e. The van der Waals surface area contributed by atoms with E-state index < -0.39 is 5.60 Å². The molecule has 120 valence electrons. The number of nitrogens with zero attached hydrogens (tertiary/aromatic N) is 3. The second-order valence-electron chi connectivity index (χ2n) is 6.68. The fourth-order valence-corrected chi connectivity index (χ4v) is 2.59. The van der Waals surface area contributed by atoms with E-state index in [0.717, 1.165) is 22.9 Å². The molecule has 0 radical (unpaired) electrons. The van der Waals surface area contributed by atoms with Crippen molar-refractivity contribution in [3.63, 3.8) is 0 Å². The first-order chi connectivity index (χ1) is 10.9. The van der Waals surface area contributed by atoms with Crippen LogP contribution in [-0.2, 0) is 17.7 Å². The maximum atomic E-state index is 12.2. The standard InChI is InChI=1S/C17H19N3O3/c1-17(2,3)23-16(22)20-5-4-14-13(9-20)7-12-6-11(10-21)8-18-15(12)19-14/h6-8,10H,4-5,9H2,1-3H3. The van der Waals surface area contributed by atoms with Gasteiger partial charge < -0.3 is 9.64 Å². The zero-order chi connectivity index (χ0) is 16.6. The number of ether oxygens (including phenoxy) is 1. The molecule has 0 saturated carbocycles. The highest BCUT2D eigenvalue weighted by Crippen LogP contribution is 2.23. The molecule has 23 heavy (non-hydrogen) atoms. The van der Waals surface area contributed by atoms with E-state index in [1.807, 2.05) is 26.8 Å². The molecule has 0 bridgehead atoms. The maximum Gasteiger partial charge on any atom is 0.410 e. The topological polar surface area (TPSA) is 72.4 Å². The zero-order valence-corrected chi connectivity index (χ0v) is 13.5. The Morgan fingerprint density at radius 1 is 1.35 bits per heavy atom. The fraction of sp³-hybridized carbons (Fsp3) is 0.412. The highest BCUT2D eigenvalue weighted by atomic mass is 16.6. The van der Waals surface area contributed by atoms with E-state index in [-0.39, 0.29) is 6.09 Å². The van der Waals surface area contributed by atoms with Crippen molar-refractivity contribution in [3.8, 4) is 0 Å². The Bertz CT molecular complexity index is 780. The van der Waals surface area contributed by atoms with Gasteiger partial charge in [-0.1, -0.05) is 0 Å². The van der Waals surface area contributed by atoms with Crippen LogP contribution < -0.4 is 0 Å². The van der Waals surface area contributed by atoms with Crippen molar-refractivity contribution in [2.75, 3.05) is 6.54 Å². The summed E-state index contributed by atoms with van der Waals surface area (Å²) in [7, 11) is 0. The van der Waals surface area contributed by atoms with E-state index >= 15 is 0 Å². The Labute approximate surface area is 134 Å². The van der Waals surface area contributed by atoms with Gasteiger partial charge in [0.25, 0.3) is 0 Å².